The molecule has 3 nitrogen and oxygen atoms in total. The number of nitriles is 2. The quantitative estimate of drug-likeness (QED) is 0.601. The zero-order valence-corrected chi connectivity index (χ0v) is 11.9. The van der Waals surface area contributed by atoms with Gasteiger partial charge in [-0.2, -0.15) is 10.5 Å². The molecule has 0 saturated carbocycles. The Balaban J connectivity index is 2.78. The molecule has 1 aromatic heterocycles. The Hall–Kier alpha value is -2.09. The molecule has 18 heavy (non-hydrogen) atoms. The van der Waals surface area contributed by atoms with Crippen LogP contribution in [-0.2, 0) is 6.42 Å². The number of hydrogen-bond acceptors (Lipinski definition) is 3. The van der Waals surface area contributed by atoms with E-state index >= 15 is 0 Å². The first-order valence-electron chi connectivity index (χ1n) is 5.72. The maximum Gasteiger partial charge on any atom is 0.137 e. The molecule has 90 valence electrons. The first kappa shape index (κ1) is 14.0. The van der Waals surface area contributed by atoms with E-state index in [1.165, 1.54) is 0 Å². The van der Waals surface area contributed by atoms with Crippen molar-refractivity contribution in [3.05, 3.63) is 29.6 Å². The molecule has 0 aliphatic heterocycles. The molecule has 0 atom stereocenters. The zero-order chi connectivity index (χ0) is 13.6. The van der Waals surface area contributed by atoms with Crippen LogP contribution in [0.1, 0.15) is 11.3 Å². The molecule has 0 unspecified atom stereocenters. The third-order valence-electron chi connectivity index (χ3n) is 2.14. The molecule has 4 heteroatoms. The summed E-state index contributed by atoms with van der Waals surface area (Å²) in [6.45, 7) is 6.54. The van der Waals surface area contributed by atoms with Gasteiger partial charge in [-0.1, -0.05) is 31.6 Å². The van der Waals surface area contributed by atoms with Crippen molar-refractivity contribution < 1.29 is 0 Å². The largest absolute Gasteiger partial charge is 0.248 e. The van der Waals surface area contributed by atoms with Crippen LogP contribution in [0.2, 0.25) is 19.6 Å². The molecule has 1 aromatic rings. The second-order valence-corrected chi connectivity index (χ2v) is 9.82. The second kappa shape index (κ2) is 6.01. The highest BCUT2D eigenvalue weighted by atomic mass is 28.3. The predicted octanol–water partition coefficient (Wildman–Crippen LogP) is 2.52. The maximum absolute atomic E-state index is 8.71. The van der Waals surface area contributed by atoms with Crippen molar-refractivity contribution in [1.29, 1.82) is 10.5 Å². The number of aromatic nitrogens is 1. The van der Waals surface area contributed by atoms with Crippen molar-refractivity contribution in [3.8, 4) is 23.6 Å². The summed E-state index contributed by atoms with van der Waals surface area (Å²) in [5.74, 6) is 2.46. The van der Waals surface area contributed by atoms with Crippen LogP contribution < -0.4 is 0 Å². The summed E-state index contributed by atoms with van der Waals surface area (Å²) in [6, 6.07) is 7.62. The molecule has 0 N–H and O–H groups in total. The van der Waals surface area contributed by atoms with Crippen molar-refractivity contribution in [3.63, 3.8) is 0 Å². The van der Waals surface area contributed by atoms with Crippen molar-refractivity contribution >= 4 is 8.07 Å². The third kappa shape index (κ3) is 4.83. The van der Waals surface area contributed by atoms with Crippen LogP contribution in [-0.4, -0.2) is 13.1 Å². The van der Waals surface area contributed by atoms with E-state index in [4.69, 9.17) is 10.5 Å². The molecule has 1 rings (SSSR count). The van der Waals surface area contributed by atoms with Gasteiger partial charge in [0, 0.05) is 12.6 Å². The zero-order valence-electron chi connectivity index (χ0n) is 10.9. The van der Waals surface area contributed by atoms with E-state index in [2.05, 4.69) is 36.1 Å². The maximum atomic E-state index is 8.71. The van der Waals surface area contributed by atoms with Crippen LogP contribution >= 0.6 is 0 Å². The molecule has 0 radical (unpaired) electrons. The molecule has 0 amide bonds. The summed E-state index contributed by atoms with van der Waals surface area (Å²) in [4.78, 5) is 4.23. The Kier molecular flexibility index (Phi) is 4.66. The standard InChI is InChI=1S/C14H15N3Si/c1-18(2,3)7-6-14-5-4-12(11-17-14)8-13(9-15)10-16/h4-5,11,13H,8H2,1-3H3. The number of hydrogen-bond donors (Lipinski definition) is 0. The molecule has 1 heterocycles. The Labute approximate surface area is 109 Å². The van der Waals surface area contributed by atoms with Crippen molar-refractivity contribution in [2.75, 3.05) is 0 Å². The van der Waals surface area contributed by atoms with Crippen LogP contribution in [0.4, 0.5) is 0 Å². The molecule has 0 fully saturated rings. The lowest BCUT2D eigenvalue weighted by atomic mass is 10.0. The van der Waals surface area contributed by atoms with Crippen LogP contribution in [0, 0.1) is 40.0 Å². The summed E-state index contributed by atoms with van der Waals surface area (Å²) in [5, 5.41) is 17.4. The van der Waals surface area contributed by atoms with Gasteiger partial charge in [0.2, 0.25) is 0 Å². The lowest BCUT2D eigenvalue weighted by Gasteiger charge is -2.03. The first-order chi connectivity index (χ1) is 8.44. The Morgan fingerprint density at radius 3 is 2.33 bits per heavy atom. The van der Waals surface area contributed by atoms with Gasteiger partial charge in [0.25, 0.3) is 0 Å². The van der Waals surface area contributed by atoms with Gasteiger partial charge in [0.15, 0.2) is 0 Å². The number of pyridine rings is 1. The van der Waals surface area contributed by atoms with Crippen LogP contribution in [0.25, 0.3) is 0 Å². The number of nitrogens with zero attached hydrogens (tertiary/aromatic N) is 3. The van der Waals surface area contributed by atoms with Crippen LogP contribution in [0.3, 0.4) is 0 Å². The van der Waals surface area contributed by atoms with Gasteiger partial charge in [-0.05, 0) is 11.6 Å². The monoisotopic (exact) mass is 253 g/mol. The highest BCUT2D eigenvalue weighted by Gasteiger charge is 2.08. The predicted molar refractivity (Wildman–Crippen MR) is 72.9 cm³/mol. The minimum absolute atomic E-state index is 0.418. The third-order valence-corrected chi connectivity index (χ3v) is 3.02. The molecule has 0 spiro atoms. The summed E-state index contributed by atoms with van der Waals surface area (Å²) in [5.41, 5.74) is 4.88. The molecular weight excluding hydrogens is 238 g/mol. The molecule has 0 saturated heterocycles. The van der Waals surface area contributed by atoms with Gasteiger partial charge < -0.3 is 0 Å². The topological polar surface area (TPSA) is 60.5 Å². The molecular formula is C14H15N3Si. The van der Waals surface area contributed by atoms with E-state index in [0.717, 1.165) is 11.3 Å². The minimum Gasteiger partial charge on any atom is -0.248 e. The summed E-state index contributed by atoms with van der Waals surface area (Å²) in [7, 11) is -1.38. The van der Waals surface area contributed by atoms with Crippen molar-refractivity contribution in [1.82, 2.24) is 4.98 Å². The lowest BCUT2D eigenvalue weighted by molar-refractivity contribution is 0.829. The Morgan fingerprint density at radius 2 is 1.89 bits per heavy atom. The molecule has 0 aliphatic carbocycles. The van der Waals surface area contributed by atoms with Gasteiger partial charge in [-0.15, -0.1) is 5.54 Å². The normalized spacial score (nSPS) is 10.1. The first-order valence-corrected chi connectivity index (χ1v) is 9.22. The van der Waals surface area contributed by atoms with E-state index in [9.17, 15) is 0 Å². The van der Waals surface area contributed by atoms with Gasteiger partial charge in [0.05, 0.1) is 12.1 Å². The van der Waals surface area contributed by atoms with E-state index in [0.29, 0.717) is 6.42 Å². The molecule has 0 aromatic carbocycles. The number of rotatable bonds is 2. The van der Waals surface area contributed by atoms with Crippen LogP contribution in [0.15, 0.2) is 18.3 Å². The summed E-state index contributed by atoms with van der Waals surface area (Å²) < 4.78 is 0. The van der Waals surface area contributed by atoms with Crippen LogP contribution in [0.5, 0.6) is 0 Å². The fourth-order valence-electron chi connectivity index (χ4n) is 1.23. The highest BCUT2D eigenvalue weighted by Crippen LogP contribution is 2.07. The molecule has 0 aliphatic rings. The highest BCUT2D eigenvalue weighted by molar-refractivity contribution is 6.83. The van der Waals surface area contributed by atoms with E-state index in [1.54, 1.807) is 6.20 Å². The van der Waals surface area contributed by atoms with Gasteiger partial charge in [-0.3, -0.25) is 0 Å². The fraction of sp³-hybridized carbons (Fsp3) is 0.357. The van der Waals surface area contributed by atoms with Crippen molar-refractivity contribution in [2.45, 2.75) is 26.1 Å². The van der Waals surface area contributed by atoms with E-state index in [1.807, 2.05) is 24.3 Å². The van der Waals surface area contributed by atoms with Crippen molar-refractivity contribution in [2.24, 2.45) is 5.92 Å². The Morgan fingerprint density at radius 1 is 1.22 bits per heavy atom. The second-order valence-electron chi connectivity index (χ2n) is 5.07. The molecule has 0 bridgehead atoms. The van der Waals surface area contributed by atoms with Gasteiger partial charge >= 0.3 is 0 Å². The average molecular weight is 253 g/mol. The van der Waals surface area contributed by atoms with E-state index in [-0.39, 0.29) is 0 Å². The van der Waals surface area contributed by atoms with Gasteiger partial charge in [0.1, 0.15) is 19.7 Å². The SMILES string of the molecule is C[Si](C)(C)C#Cc1ccc(CC(C#N)C#N)cn1. The Bertz CT molecular complexity index is 530. The lowest BCUT2D eigenvalue weighted by Crippen LogP contribution is -2.16. The minimum atomic E-state index is -1.38. The summed E-state index contributed by atoms with van der Waals surface area (Å²) >= 11 is 0. The van der Waals surface area contributed by atoms with Gasteiger partial charge in [-0.25, -0.2) is 4.98 Å². The van der Waals surface area contributed by atoms with E-state index < -0.39 is 14.0 Å². The fourth-order valence-corrected chi connectivity index (χ4v) is 1.73. The average Bonchev–Trinajstić information content (AvgIpc) is 2.34. The summed E-state index contributed by atoms with van der Waals surface area (Å²) in [6.07, 6.45) is 2.11. The smallest absolute Gasteiger partial charge is 0.137 e.